The Morgan fingerprint density at radius 3 is 2.57 bits per heavy atom. The van der Waals surface area contributed by atoms with Gasteiger partial charge in [0, 0.05) is 31.6 Å². The van der Waals surface area contributed by atoms with E-state index in [9.17, 15) is 5.11 Å². The van der Waals surface area contributed by atoms with Crippen LogP contribution in [0.3, 0.4) is 0 Å². The minimum atomic E-state index is -0.384. The lowest BCUT2D eigenvalue weighted by Gasteiger charge is -2.23. The summed E-state index contributed by atoms with van der Waals surface area (Å²) in [6.07, 6.45) is -0.384. The van der Waals surface area contributed by atoms with Crippen LogP contribution >= 0.6 is 11.6 Å². The van der Waals surface area contributed by atoms with E-state index in [-0.39, 0.29) is 6.10 Å². The van der Waals surface area contributed by atoms with E-state index in [0.717, 1.165) is 13.1 Å². The summed E-state index contributed by atoms with van der Waals surface area (Å²) in [7, 11) is 4.23. The number of aliphatic hydroxyl groups is 1. The Morgan fingerprint density at radius 1 is 1.50 bits per heavy atom. The molecule has 1 rings (SSSR count). The van der Waals surface area contributed by atoms with Crippen LogP contribution in [-0.2, 0) is 0 Å². The molecule has 1 aliphatic heterocycles. The quantitative estimate of drug-likeness (QED) is 0.698. The summed E-state index contributed by atoms with van der Waals surface area (Å²) in [6.45, 7) is 5.08. The number of nitrogens with zero attached hydrogens (tertiary/aromatic N) is 2. The first-order valence-corrected chi connectivity index (χ1v) is 5.70. The Morgan fingerprint density at radius 2 is 2.14 bits per heavy atom. The third-order valence-electron chi connectivity index (χ3n) is 2.96. The van der Waals surface area contributed by atoms with Crippen molar-refractivity contribution in [2.24, 2.45) is 5.92 Å². The predicted molar refractivity (Wildman–Crippen MR) is 59.8 cm³/mol. The van der Waals surface area contributed by atoms with Crippen LogP contribution in [0.1, 0.15) is 6.92 Å². The molecule has 3 unspecified atom stereocenters. The van der Waals surface area contributed by atoms with E-state index in [1.54, 1.807) is 0 Å². The molecule has 0 aromatic carbocycles. The first-order chi connectivity index (χ1) is 6.54. The van der Waals surface area contributed by atoms with Crippen molar-refractivity contribution in [1.82, 2.24) is 9.80 Å². The van der Waals surface area contributed by atoms with Gasteiger partial charge in [0.15, 0.2) is 0 Å². The maximum absolute atomic E-state index is 9.44. The zero-order valence-electron chi connectivity index (χ0n) is 9.28. The van der Waals surface area contributed by atoms with Gasteiger partial charge in [-0.1, -0.05) is 6.92 Å². The molecule has 0 saturated carbocycles. The number of likely N-dealkylation sites (tertiary alicyclic amines) is 1. The van der Waals surface area contributed by atoms with E-state index < -0.39 is 0 Å². The SMILES string of the molecule is CC1CN(CC(O)CCl)CC1N(C)C. The molecular formula is C10H21ClN2O. The summed E-state index contributed by atoms with van der Waals surface area (Å²) in [5.74, 6) is 1.00. The molecule has 4 heteroatoms. The normalized spacial score (nSPS) is 31.3. The molecule has 0 bridgehead atoms. The van der Waals surface area contributed by atoms with E-state index in [1.807, 2.05) is 0 Å². The third-order valence-corrected chi connectivity index (χ3v) is 3.31. The molecule has 0 aromatic rings. The molecule has 0 aromatic heterocycles. The van der Waals surface area contributed by atoms with Gasteiger partial charge in [-0.2, -0.15) is 0 Å². The van der Waals surface area contributed by atoms with E-state index >= 15 is 0 Å². The van der Waals surface area contributed by atoms with Gasteiger partial charge in [0.1, 0.15) is 0 Å². The molecule has 1 fully saturated rings. The Balaban J connectivity index is 2.38. The number of likely N-dealkylation sites (N-methyl/N-ethyl adjacent to an activating group) is 1. The predicted octanol–water partition coefficient (Wildman–Crippen LogP) is 0.468. The Bertz CT molecular complexity index is 178. The second kappa shape index (κ2) is 5.31. The minimum absolute atomic E-state index is 0.331. The van der Waals surface area contributed by atoms with Crippen LogP contribution in [0, 0.1) is 5.92 Å². The number of hydrogen-bond donors (Lipinski definition) is 1. The average molecular weight is 221 g/mol. The fraction of sp³-hybridized carbons (Fsp3) is 1.00. The smallest absolute Gasteiger partial charge is 0.0802 e. The molecule has 84 valence electrons. The molecule has 0 aliphatic carbocycles. The summed E-state index contributed by atoms with van der Waals surface area (Å²) >= 11 is 5.58. The third kappa shape index (κ3) is 3.09. The fourth-order valence-corrected chi connectivity index (χ4v) is 2.31. The maximum atomic E-state index is 9.44. The fourth-order valence-electron chi connectivity index (χ4n) is 2.22. The molecular weight excluding hydrogens is 200 g/mol. The summed E-state index contributed by atoms with van der Waals surface area (Å²) < 4.78 is 0. The molecule has 1 N–H and O–H groups in total. The lowest BCUT2D eigenvalue weighted by atomic mass is 10.1. The molecule has 3 nitrogen and oxygen atoms in total. The highest BCUT2D eigenvalue weighted by Gasteiger charge is 2.31. The van der Waals surface area contributed by atoms with Crippen molar-refractivity contribution in [3.05, 3.63) is 0 Å². The van der Waals surface area contributed by atoms with Gasteiger partial charge in [-0.3, -0.25) is 4.90 Å². The second-order valence-electron chi connectivity index (χ2n) is 4.53. The number of aliphatic hydroxyl groups excluding tert-OH is 1. The Hall–Kier alpha value is 0.170. The number of alkyl halides is 1. The molecule has 0 radical (unpaired) electrons. The van der Waals surface area contributed by atoms with Gasteiger partial charge < -0.3 is 10.0 Å². The zero-order chi connectivity index (χ0) is 10.7. The Kier molecular flexibility index (Phi) is 4.64. The van der Waals surface area contributed by atoms with Gasteiger partial charge in [0.2, 0.25) is 0 Å². The highest BCUT2D eigenvalue weighted by Crippen LogP contribution is 2.19. The lowest BCUT2D eigenvalue weighted by Crippen LogP contribution is -2.36. The number of β-amino-alcohol motifs (C(OH)–C–C–N with tert-alkyl or cyclic N) is 1. The van der Waals surface area contributed by atoms with Crippen LogP contribution < -0.4 is 0 Å². The van der Waals surface area contributed by atoms with Crippen molar-refractivity contribution in [3.8, 4) is 0 Å². The molecule has 14 heavy (non-hydrogen) atoms. The molecule has 0 spiro atoms. The van der Waals surface area contributed by atoms with Gasteiger partial charge in [-0.25, -0.2) is 0 Å². The molecule has 1 aliphatic rings. The van der Waals surface area contributed by atoms with Crippen molar-refractivity contribution in [2.45, 2.75) is 19.1 Å². The highest BCUT2D eigenvalue weighted by atomic mass is 35.5. The molecule has 1 saturated heterocycles. The molecule has 0 amide bonds. The van der Waals surface area contributed by atoms with Crippen molar-refractivity contribution in [1.29, 1.82) is 0 Å². The summed E-state index contributed by atoms with van der Waals surface area (Å²) in [5.41, 5.74) is 0. The van der Waals surface area contributed by atoms with Crippen LogP contribution in [0.4, 0.5) is 0 Å². The highest BCUT2D eigenvalue weighted by molar-refractivity contribution is 6.18. The van der Waals surface area contributed by atoms with Crippen LogP contribution in [-0.4, -0.2) is 66.7 Å². The van der Waals surface area contributed by atoms with Crippen LogP contribution in [0.25, 0.3) is 0 Å². The first-order valence-electron chi connectivity index (χ1n) is 5.17. The summed E-state index contributed by atoms with van der Waals surface area (Å²) in [5, 5.41) is 9.44. The Labute approximate surface area is 91.6 Å². The summed E-state index contributed by atoms with van der Waals surface area (Å²) in [4.78, 5) is 4.56. The van der Waals surface area contributed by atoms with Gasteiger partial charge >= 0.3 is 0 Å². The zero-order valence-corrected chi connectivity index (χ0v) is 10.0. The topological polar surface area (TPSA) is 26.7 Å². The van der Waals surface area contributed by atoms with E-state index in [2.05, 4.69) is 30.8 Å². The van der Waals surface area contributed by atoms with E-state index in [0.29, 0.717) is 24.4 Å². The van der Waals surface area contributed by atoms with E-state index in [1.165, 1.54) is 0 Å². The molecule has 3 atom stereocenters. The number of rotatable bonds is 4. The van der Waals surface area contributed by atoms with Gasteiger partial charge in [-0.15, -0.1) is 11.6 Å². The van der Waals surface area contributed by atoms with Crippen molar-refractivity contribution in [2.75, 3.05) is 39.6 Å². The maximum Gasteiger partial charge on any atom is 0.0802 e. The lowest BCUT2D eigenvalue weighted by molar-refractivity contribution is 0.138. The van der Waals surface area contributed by atoms with Gasteiger partial charge in [0.05, 0.1) is 6.10 Å². The largest absolute Gasteiger partial charge is 0.391 e. The van der Waals surface area contributed by atoms with Crippen LogP contribution in [0.5, 0.6) is 0 Å². The monoisotopic (exact) mass is 220 g/mol. The minimum Gasteiger partial charge on any atom is -0.391 e. The second-order valence-corrected chi connectivity index (χ2v) is 4.84. The van der Waals surface area contributed by atoms with E-state index in [4.69, 9.17) is 11.6 Å². The van der Waals surface area contributed by atoms with Gasteiger partial charge in [0.25, 0.3) is 0 Å². The van der Waals surface area contributed by atoms with Crippen LogP contribution in [0.2, 0.25) is 0 Å². The number of halogens is 1. The van der Waals surface area contributed by atoms with Crippen molar-refractivity contribution in [3.63, 3.8) is 0 Å². The summed E-state index contributed by atoms with van der Waals surface area (Å²) in [6, 6.07) is 0.609. The van der Waals surface area contributed by atoms with Crippen molar-refractivity contribution < 1.29 is 5.11 Å². The molecule has 1 heterocycles. The van der Waals surface area contributed by atoms with Crippen molar-refractivity contribution >= 4 is 11.6 Å². The standard InChI is InChI=1S/C10H21ClN2O/c1-8-5-13(6-9(14)4-11)7-10(8)12(2)3/h8-10,14H,4-7H2,1-3H3. The average Bonchev–Trinajstić information content (AvgIpc) is 2.46. The number of hydrogen-bond acceptors (Lipinski definition) is 3. The first kappa shape index (κ1) is 12.2. The van der Waals surface area contributed by atoms with Crippen LogP contribution in [0.15, 0.2) is 0 Å². The van der Waals surface area contributed by atoms with Gasteiger partial charge in [-0.05, 0) is 20.0 Å².